The maximum absolute atomic E-state index is 12.6. The summed E-state index contributed by atoms with van der Waals surface area (Å²) in [4.78, 5) is 12.6. The second-order valence-electron chi connectivity index (χ2n) is 6.48. The van der Waals surface area contributed by atoms with Crippen LogP contribution in [0.5, 0.6) is 11.5 Å². The highest BCUT2D eigenvalue weighted by molar-refractivity contribution is 7.99. The standard InChI is InChI=1S/C22H25N3O3S/c1-4-5-13-25-21(16-9-11-18(27-2)12-10-16)23-24-22(25)29-15-20(26)17-7-6-8-19(14-17)28-3/h6-12,14H,4-5,13,15H2,1-3H3. The highest BCUT2D eigenvalue weighted by atomic mass is 32.2. The molecule has 7 heteroatoms. The first kappa shape index (κ1) is 20.9. The van der Waals surface area contributed by atoms with Crippen molar-refractivity contribution in [1.29, 1.82) is 0 Å². The Morgan fingerprint density at radius 3 is 2.48 bits per heavy atom. The van der Waals surface area contributed by atoms with Crippen LogP contribution in [0.1, 0.15) is 30.1 Å². The SMILES string of the molecule is CCCCn1c(SCC(=O)c2cccc(OC)c2)nnc1-c1ccc(OC)cc1. The number of rotatable bonds is 10. The average Bonchev–Trinajstić information content (AvgIpc) is 3.18. The van der Waals surface area contributed by atoms with Gasteiger partial charge >= 0.3 is 0 Å². The zero-order chi connectivity index (χ0) is 20.6. The van der Waals surface area contributed by atoms with E-state index in [9.17, 15) is 4.79 Å². The van der Waals surface area contributed by atoms with Gasteiger partial charge in [0.05, 0.1) is 20.0 Å². The lowest BCUT2D eigenvalue weighted by molar-refractivity contribution is 0.102. The van der Waals surface area contributed by atoms with Gasteiger partial charge in [0.15, 0.2) is 16.8 Å². The van der Waals surface area contributed by atoms with Crippen molar-refractivity contribution in [1.82, 2.24) is 14.8 Å². The van der Waals surface area contributed by atoms with E-state index < -0.39 is 0 Å². The first-order valence-electron chi connectivity index (χ1n) is 9.54. The molecule has 0 N–H and O–H groups in total. The smallest absolute Gasteiger partial charge is 0.191 e. The fraction of sp³-hybridized carbons (Fsp3) is 0.318. The number of thioether (sulfide) groups is 1. The fourth-order valence-electron chi connectivity index (χ4n) is 2.88. The second-order valence-corrected chi connectivity index (χ2v) is 7.43. The molecule has 0 spiro atoms. The highest BCUT2D eigenvalue weighted by Gasteiger charge is 2.16. The van der Waals surface area contributed by atoms with Crippen LogP contribution in [0.3, 0.4) is 0 Å². The average molecular weight is 412 g/mol. The van der Waals surface area contributed by atoms with Crippen molar-refractivity contribution in [2.45, 2.75) is 31.5 Å². The lowest BCUT2D eigenvalue weighted by atomic mass is 10.1. The molecule has 0 aliphatic carbocycles. The van der Waals surface area contributed by atoms with E-state index in [1.54, 1.807) is 26.4 Å². The predicted octanol–water partition coefficient (Wildman–Crippen LogP) is 4.74. The Hall–Kier alpha value is -2.80. The van der Waals surface area contributed by atoms with Crippen molar-refractivity contribution in [2.24, 2.45) is 0 Å². The van der Waals surface area contributed by atoms with Gasteiger partial charge in [0.25, 0.3) is 0 Å². The number of carbonyl (C=O) groups excluding carboxylic acids is 1. The monoisotopic (exact) mass is 411 g/mol. The summed E-state index contributed by atoms with van der Waals surface area (Å²) in [6.07, 6.45) is 2.08. The Bertz CT molecular complexity index is 954. The lowest BCUT2D eigenvalue weighted by Crippen LogP contribution is -2.06. The van der Waals surface area contributed by atoms with Crippen molar-refractivity contribution in [3.8, 4) is 22.9 Å². The van der Waals surface area contributed by atoms with E-state index in [1.807, 2.05) is 36.4 Å². The zero-order valence-corrected chi connectivity index (χ0v) is 17.7. The number of ether oxygens (including phenoxy) is 2. The van der Waals surface area contributed by atoms with Crippen molar-refractivity contribution < 1.29 is 14.3 Å². The van der Waals surface area contributed by atoms with Crippen LogP contribution in [-0.2, 0) is 6.54 Å². The minimum Gasteiger partial charge on any atom is -0.497 e. The normalized spacial score (nSPS) is 10.7. The molecule has 3 rings (SSSR count). The van der Waals surface area contributed by atoms with Crippen LogP contribution in [0.4, 0.5) is 0 Å². The Morgan fingerprint density at radius 2 is 1.79 bits per heavy atom. The van der Waals surface area contributed by atoms with E-state index in [2.05, 4.69) is 21.7 Å². The molecule has 29 heavy (non-hydrogen) atoms. The molecule has 0 radical (unpaired) electrons. The second kappa shape index (κ2) is 10.1. The van der Waals surface area contributed by atoms with Crippen LogP contribution in [0.15, 0.2) is 53.7 Å². The number of unbranched alkanes of at least 4 members (excludes halogenated alkanes) is 1. The largest absolute Gasteiger partial charge is 0.497 e. The molecule has 0 amide bonds. The first-order valence-corrected chi connectivity index (χ1v) is 10.5. The number of Topliss-reactive ketones (excluding diaryl/α,β-unsaturated/α-hetero) is 1. The van der Waals surface area contributed by atoms with Gasteiger partial charge < -0.3 is 14.0 Å². The molecule has 152 valence electrons. The van der Waals surface area contributed by atoms with E-state index in [1.165, 1.54) is 11.8 Å². The molecule has 0 aliphatic rings. The quantitative estimate of drug-likeness (QED) is 0.355. The van der Waals surface area contributed by atoms with Crippen LogP contribution in [0, 0.1) is 0 Å². The van der Waals surface area contributed by atoms with Crippen LogP contribution < -0.4 is 9.47 Å². The van der Waals surface area contributed by atoms with Gasteiger partial charge in [-0.1, -0.05) is 37.2 Å². The van der Waals surface area contributed by atoms with Gasteiger partial charge in [-0.25, -0.2) is 0 Å². The number of hydrogen-bond acceptors (Lipinski definition) is 6. The van der Waals surface area contributed by atoms with E-state index in [0.29, 0.717) is 17.1 Å². The van der Waals surface area contributed by atoms with Crippen molar-refractivity contribution >= 4 is 17.5 Å². The molecule has 0 aliphatic heterocycles. The van der Waals surface area contributed by atoms with Gasteiger partial charge in [-0.2, -0.15) is 0 Å². The number of benzene rings is 2. The van der Waals surface area contributed by atoms with Crippen molar-refractivity contribution in [3.05, 3.63) is 54.1 Å². The van der Waals surface area contributed by atoms with Gasteiger partial charge in [0.2, 0.25) is 0 Å². The van der Waals surface area contributed by atoms with E-state index >= 15 is 0 Å². The van der Waals surface area contributed by atoms with Crippen LogP contribution in [0.2, 0.25) is 0 Å². The number of ketones is 1. The van der Waals surface area contributed by atoms with E-state index in [4.69, 9.17) is 9.47 Å². The van der Waals surface area contributed by atoms with Crippen LogP contribution >= 0.6 is 11.8 Å². The summed E-state index contributed by atoms with van der Waals surface area (Å²) in [6, 6.07) is 15.0. The Balaban J connectivity index is 1.79. The number of methoxy groups -OCH3 is 2. The molecule has 1 aromatic heterocycles. The van der Waals surface area contributed by atoms with Gasteiger partial charge in [0, 0.05) is 17.7 Å². The summed E-state index contributed by atoms with van der Waals surface area (Å²) in [5, 5.41) is 9.50. The summed E-state index contributed by atoms with van der Waals surface area (Å²) in [5.41, 5.74) is 1.60. The number of aromatic nitrogens is 3. The molecule has 1 heterocycles. The van der Waals surface area contributed by atoms with Gasteiger partial charge in [-0.05, 0) is 42.8 Å². The third-order valence-electron chi connectivity index (χ3n) is 4.52. The number of nitrogens with zero attached hydrogens (tertiary/aromatic N) is 3. The molecule has 0 fully saturated rings. The highest BCUT2D eigenvalue weighted by Crippen LogP contribution is 2.27. The molecule has 3 aromatic rings. The Labute approximate surface area is 175 Å². The molecule has 0 atom stereocenters. The first-order chi connectivity index (χ1) is 14.2. The third kappa shape index (κ3) is 5.17. The molecular weight excluding hydrogens is 386 g/mol. The van der Waals surface area contributed by atoms with Crippen LogP contribution in [-0.4, -0.2) is 40.5 Å². The van der Waals surface area contributed by atoms with Gasteiger partial charge in [-0.15, -0.1) is 10.2 Å². The Morgan fingerprint density at radius 1 is 1.03 bits per heavy atom. The summed E-state index contributed by atoms with van der Waals surface area (Å²) >= 11 is 1.41. The predicted molar refractivity (Wildman–Crippen MR) is 115 cm³/mol. The number of hydrogen-bond donors (Lipinski definition) is 0. The lowest BCUT2D eigenvalue weighted by Gasteiger charge is -2.10. The molecule has 0 saturated carbocycles. The summed E-state index contributed by atoms with van der Waals surface area (Å²) < 4.78 is 12.5. The van der Waals surface area contributed by atoms with E-state index in [-0.39, 0.29) is 5.78 Å². The van der Waals surface area contributed by atoms with E-state index in [0.717, 1.165) is 41.7 Å². The minimum absolute atomic E-state index is 0.0324. The zero-order valence-electron chi connectivity index (χ0n) is 16.9. The fourth-order valence-corrected chi connectivity index (χ4v) is 3.74. The topological polar surface area (TPSA) is 66.2 Å². The maximum Gasteiger partial charge on any atom is 0.191 e. The molecule has 6 nitrogen and oxygen atoms in total. The Kier molecular flexibility index (Phi) is 7.30. The molecule has 2 aromatic carbocycles. The molecule has 0 unspecified atom stereocenters. The van der Waals surface area contributed by atoms with Gasteiger partial charge in [0.1, 0.15) is 11.5 Å². The third-order valence-corrected chi connectivity index (χ3v) is 5.49. The maximum atomic E-state index is 12.6. The molecule has 0 bridgehead atoms. The summed E-state index contributed by atoms with van der Waals surface area (Å²) in [7, 11) is 3.24. The van der Waals surface area contributed by atoms with Gasteiger partial charge in [-0.3, -0.25) is 4.79 Å². The van der Waals surface area contributed by atoms with Crippen LogP contribution in [0.25, 0.3) is 11.4 Å². The minimum atomic E-state index is 0.0324. The van der Waals surface area contributed by atoms with Crippen molar-refractivity contribution in [2.75, 3.05) is 20.0 Å². The molecule has 0 saturated heterocycles. The van der Waals surface area contributed by atoms with Crippen molar-refractivity contribution in [3.63, 3.8) is 0 Å². The summed E-state index contributed by atoms with van der Waals surface area (Å²) in [6.45, 7) is 2.96. The summed E-state index contributed by atoms with van der Waals surface area (Å²) in [5.74, 6) is 2.60. The number of carbonyl (C=O) groups is 1. The molecular formula is C22H25N3O3S.